The molecule has 1 amide bonds. The van der Waals surface area contributed by atoms with Gasteiger partial charge >= 0.3 is 0 Å². The van der Waals surface area contributed by atoms with Crippen molar-refractivity contribution in [2.75, 3.05) is 33.0 Å². The Labute approximate surface area is 175 Å². The van der Waals surface area contributed by atoms with Crippen molar-refractivity contribution in [3.8, 4) is 11.5 Å². The predicted molar refractivity (Wildman–Crippen MR) is 114 cm³/mol. The predicted octanol–water partition coefficient (Wildman–Crippen LogP) is 2.60. The van der Waals surface area contributed by atoms with Crippen LogP contribution in [0.1, 0.15) is 22.8 Å². The third-order valence-corrected chi connectivity index (χ3v) is 4.60. The Bertz CT molecular complexity index is 873. The molecule has 2 aromatic carbocycles. The summed E-state index contributed by atoms with van der Waals surface area (Å²) in [4.78, 5) is 16.7. The second-order valence-corrected chi connectivity index (χ2v) is 6.77. The van der Waals surface area contributed by atoms with Crippen molar-refractivity contribution in [3.05, 3.63) is 58.6 Å². The molecule has 0 saturated carbocycles. The lowest BCUT2D eigenvalue weighted by Gasteiger charge is -2.12. The van der Waals surface area contributed by atoms with Gasteiger partial charge in [-0.2, -0.15) is 0 Å². The Morgan fingerprint density at radius 2 is 1.86 bits per heavy atom. The van der Waals surface area contributed by atoms with Crippen LogP contribution in [0, 0.1) is 0 Å². The Morgan fingerprint density at radius 1 is 1.07 bits per heavy atom. The van der Waals surface area contributed by atoms with Crippen molar-refractivity contribution in [3.63, 3.8) is 0 Å². The first kappa shape index (κ1) is 20.8. The van der Waals surface area contributed by atoms with Crippen LogP contribution in [0.25, 0.3) is 0 Å². The minimum Gasteiger partial charge on any atom is -0.454 e. The van der Waals surface area contributed by atoms with Crippen LogP contribution in [-0.2, 0) is 6.42 Å². The molecule has 0 spiro atoms. The first-order valence-electron chi connectivity index (χ1n) is 9.61. The second kappa shape index (κ2) is 10.6. The van der Waals surface area contributed by atoms with E-state index in [0.29, 0.717) is 36.2 Å². The third kappa shape index (κ3) is 6.02. The molecule has 7 nitrogen and oxygen atoms in total. The lowest BCUT2D eigenvalue weighted by Crippen LogP contribution is -2.41. The van der Waals surface area contributed by atoms with Crippen LogP contribution < -0.4 is 25.4 Å². The van der Waals surface area contributed by atoms with Gasteiger partial charge in [0, 0.05) is 26.2 Å². The van der Waals surface area contributed by atoms with Gasteiger partial charge in [-0.1, -0.05) is 29.8 Å². The summed E-state index contributed by atoms with van der Waals surface area (Å²) in [6.45, 7) is 4.66. The van der Waals surface area contributed by atoms with Gasteiger partial charge in [-0.25, -0.2) is 0 Å². The van der Waals surface area contributed by atoms with Crippen molar-refractivity contribution in [2.24, 2.45) is 4.99 Å². The van der Waals surface area contributed by atoms with E-state index in [2.05, 4.69) is 20.9 Å². The molecule has 0 atom stereocenters. The number of hydrogen-bond donors (Lipinski definition) is 3. The van der Waals surface area contributed by atoms with E-state index >= 15 is 0 Å². The highest BCUT2D eigenvalue weighted by Crippen LogP contribution is 2.32. The van der Waals surface area contributed by atoms with Crippen molar-refractivity contribution in [1.29, 1.82) is 0 Å². The highest BCUT2D eigenvalue weighted by Gasteiger charge is 2.13. The topological polar surface area (TPSA) is 84.0 Å². The number of nitrogens with one attached hydrogen (secondary N) is 3. The zero-order valence-corrected chi connectivity index (χ0v) is 17.1. The third-order valence-electron chi connectivity index (χ3n) is 4.27. The van der Waals surface area contributed by atoms with E-state index in [1.54, 1.807) is 24.3 Å². The fourth-order valence-electron chi connectivity index (χ4n) is 2.83. The minimum atomic E-state index is -0.192. The number of hydrogen-bond acceptors (Lipinski definition) is 4. The molecule has 8 heteroatoms. The second-order valence-electron chi connectivity index (χ2n) is 6.36. The molecule has 1 aliphatic rings. The molecular weight excluding hydrogens is 392 g/mol. The summed E-state index contributed by atoms with van der Waals surface area (Å²) in [5.41, 5.74) is 1.61. The number of ether oxygens (including phenoxy) is 2. The summed E-state index contributed by atoms with van der Waals surface area (Å²) in [6.07, 6.45) is 0.788. The zero-order chi connectivity index (χ0) is 20.5. The van der Waals surface area contributed by atoms with Gasteiger partial charge in [0.1, 0.15) is 0 Å². The van der Waals surface area contributed by atoms with E-state index in [1.165, 1.54) is 0 Å². The largest absolute Gasteiger partial charge is 0.454 e. The number of aliphatic imine (C=N–C) groups is 1. The quantitative estimate of drug-likeness (QED) is 0.350. The summed E-state index contributed by atoms with van der Waals surface area (Å²) in [5.74, 6) is 2.08. The minimum absolute atomic E-state index is 0.192. The maximum Gasteiger partial charge on any atom is 0.252 e. The molecular formula is C21H25ClN4O3. The van der Waals surface area contributed by atoms with Crippen LogP contribution >= 0.6 is 11.6 Å². The molecule has 0 saturated heterocycles. The van der Waals surface area contributed by atoms with E-state index in [0.717, 1.165) is 30.0 Å². The maximum atomic E-state index is 12.2. The van der Waals surface area contributed by atoms with Gasteiger partial charge in [0.2, 0.25) is 6.79 Å². The molecule has 0 aliphatic carbocycles. The standard InChI is InChI=1S/C21H25ClN4O3/c1-2-23-21(25-10-9-15-7-8-18-19(13-15)29-14-28-18)26-12-11-24-20(27)16-5-3-4-6-17(16)22/h3-8,13H,2,9-12,14H2,1H3,(H,24,27)(H2,23,25,26). The van der Waals surface area contributed by atoms with E-state index in [1.807, 2.05) is 25.1 Å². The molecule has 2 aromatic rings. The normalized spacial score (nSPS) is 12.6. The van der Waals surface area contributed by atoms with Gasteiger partial charge in [0.15, 0.2) is 17.5 Å². The zero-order valence-electron chi connectivity index (χ0n) is 16.3. The summed E-state index contributed by atoms with van der Waals surface area (Å²) in [5, 5.41) is 9.71. The maximum absolute atomic E-state index is 12.2. The highest BCUT2D eigenvalue weighted by molar-refractivity contribution is 6.33. The summed E-state index contributed by atoms with van der Waals surface area (Å²) < 4.78 is 10.7. The molecule has 1 heterocycles. The molecule has 0 fully saturated rings. The van der Waals surface area contributed by atoms with Gasteiger partial charge in [0.05, 0.1) is 10.6 Å². The van der Waals surface area contributed by atoms with Gasteiger partial charge in [-0.3, -0.25) is 9.79 Å². The van der Waals surface area contributed by atoms with Crippen molar-refractivity contribution in [1.82, 2.24) is 16.0 Å². The Balaban J connectivity index is 1.43. The first-order chi connectivity index (χ1) is 14.2. The number of guanidine groups is 1. The fourth-order valence-corrected chi connectivity index (χ4v) is 3.05. The fraction of sp³-hybridized carbons (Fsp3) is 0.333. The number of nitrogens with zero attached hydrogens (tertiary/aromatic N) is 1. The number of rotatable bonds is 8. The van der Waals surface area contributed by atoms with Crippen LogP contribution in [0.2, 0.25) is 5.02 Å². The van der Waals surface area contributed by atoms with E-state index in [9.17, 15) is 4.79 Å². The van der Waals surface area contributed by atoms with Gasteiger partial charge < -0.3 is 25.4 Å². The van der Waals surface area contributed by atoms with Crippen LogP contribution in [0.5, 0.6) is 11.5 Å². The van der Waals surface area contributed by atoms with Crippen molar-refractivity contribution in [2.45, 2.75) is 13.3 Å². The van der Waals surface area contributed by atoms with Gasteiger partial charge in [0.25, 0.3) is 5.91 Å². The molecule has 154 valence electrons. The van der Waals surface area contributed by atoms with Crippen LogP contribution in [0.4, 0.5) is 0 Å². The molecule has 0 bridgehead atoms. The molecule has 3 N–H and O–H groups in total. The van der Waals surface area contributed by atoms with Crippen LogP contribution in [-0.4, -0.2) is 44.8 Å². The number of halogens is 1. The number of benzene rings is 2. The molecule has 0 unspecified atom stereocenters. The molecule has 29 heavy (non-hydrogen) atoms. The van der Waals surface area contributed by atoms with E-state index in [-0.39, 0.29) is 12.7 Å². The van der Waals surface area contributed by atoms with Gasteiger partial charge in [-0.15, -0.1) is 0 Å². The monoisotopic (exact) mass is 416 g/mol. The average Bonchev–Trinajstić information content (AvgIpc) is 3.19. The number of fused-ring (bicyclic) bond motifs is 1. The van der Waals surface area contributed by atoms with Crippen LogP contribution in [0.15, 0.2) is 47.5 Å². The summed E-state index contributed by atoms with van der Waals surface area (Å²) in [6, 6.07) is 12.9. The lowest BCUT2D eigenvalue weighted by molar-refractivity contribution is 0.0954. The van der Waals surface area contributed by atoms with Gasteiger partial charge in [-0.05, 0) is 43.2 Å². The van der Waals surface area contributed by atoms with E-state index in [4.69, 9.17) is 21.1 Å². The Kier molecular flexibility index (Phi) is 7.58. The number of carbonyl (C=O) groups excluding carboxylic acids is 1. The Hall–Kier alpha value is -2.93. The summed E-state index contributed by atoms with van der Waals surface area (Å²) in [7, 11) is 0. The number of amides is 1. The number of carbonyl (C=O) groups is 1. The lowest BCUT2D eigenvalue weighted by atomic mass is 10.1. The highest BCUT2D eigenvalue weighted by atomic mass is 35.5. The van der Waals surface area contributed by atoms with Crippen molar-refractivity contribution < 1.29 is 14.3 Å². The Morgan fingerprint density at radius 3 is 2.69 bits per heavy atom. The molecule has 0 radical (unpaired) electrons. The molecule has 3 rings (SSSR count). The summed E-state index contributed by atoms with van der Waals surface area (Å²) >= 11 is 6.04. The molecule has 0 aromatic heterocycles. The smallest absolute Gasteiger partial charge is 0.252 e. The average molecular weight is 417 g/mol. The van der Waals surface area contributed by atoms with Crippen molar-refractivity contribution >= 4 is 23.5 Å². The molecule has 1 aliphatic heterocycles. The SMILES string of the molecule is CCNC(=NCCc1ccc2c(c1)OCO2)NCCNC(=O)c1ccccc1Cl. The van der Waals surface area contributed by atoms with Crippen LogP contribution in [0.3, 0.4) is 0 Å². The van der Waals surface area contributed by atoms with E-state index < -0.39 is 0 Å². The first-order valence-corrected chi connectivity index (χ1v) is 9.98.